The first kappa shape index (κ1) is 22.8. The maximum Gasteiger partial charge on any atom is -0.000898 e. The summed E-state index contributed by atoms with van der Waals surface area (Å²) >= 11 is 0. The van der Waals surface area contributed by atoms with E-state index in [4.69, 9.17) is 0 Å². The van der Waals surface area contributed by atoms with E-state index in [0.717, 1.165) is 5.66 Å². The van der Waals surface area contributed by atoms with Crippen molar-refractivity contribution < 1.29 is 0 Å². The summed E-state index contributed by atoms with van der Waals surface area (Å²) in [7, 11) is 0.138. The van der Waals surface area contributed by atoms with Gasteiger partial charge in [-0.1, -0.05) is 92.0 Å². The predicted octanol–water partition coefficient (Wildman–Crippen LogP) is 6.34. The van der Waals surface area contributed by atoms with Crippen molar-refractivity contribution >= 4 is 15.8 Å². The summed E-state index contributed by atoms with van der Waals surface area (Å²) in [5, 5.41) is 5.13. The second kappa shape index (κ2) is 8.78. The summed E-state index contributed by atoms with van der Waals surface area (Å²) in [5.74, 6) is 0. The molecule has 0 bridgehead atoms. The summed E-state index contributed by atoms with van der Waals surface area (Å²) in [5.41, 5.74) is 0.832. The Balaban J connectivity index is 4.31. The van der Waals surface area contributed by atoms with E-state index in [1.807, 2.05) is 0 Å². The maximum absolute atomic E-state index is 3.75. The zero-order valence-electron chi connectivity index (χ0n) is 17.3. The third-order valence-electron chi connectivity index (χ3n) is 4.15. The molecule has 0 aromatic heterocycles. The second-order valence-corrected chi connectivity index (χ2v) is 17.4. The monoisotopic (exact) mass is 347 g/mol. The molecule has 0 spiro atoms. The SMILES string of the molecule is CC(C)P(CCNCCP(C(C)(C)C)C(C)(C)C)C(C)(C)C. The zero-order valence-corrected chi connectivity index (χ0v) is 19.1. The Morgan fingerprint density at radius 3 is 1.41 bits per heavy atom. The molecule has 0 heterocycles. The fourth-order valence-electron chi connectivity index (χ4n) is 3.56. The summed E-state index contributed by atoms with van der Waals surface area (Å²) in [6.45, 7) is 28.9. The van der Waals surface area contributed by atoms with E-state index in [1.54, 1.807) is 0 Å². The number of nitrogens with one attached hydrogen (secondary N) is 1. The summed E-state index contributed by atoms with van der Waals surface area (Å²) < 4.78 is 0. The van der Waals surface area contributed by atoms with Gasteiger partial charge in [-0.05, 0) is 46.5 Å². The molecule has 3 heteroatoms. The topological polar surface area (TPSA) is 12.0 Å². The van der Waals surface area contributed by atoms with Gasteiger partial charge in [-0.2, -0.15) is 0 Å². The van der Waals surface area contributed by atoms with Crippen molar-refractivity contribution in [3.63, 3.8) is 0 Å². The van der Waals surface area contributed by atoms with E-state index in [-0.39, 0.29) is 15.8 Å². The van der Waals surface area contributed by atoms with Gasteiger partial charge in [0.25, 0.3) is 0 Å². The molecule has 0 aromatic rings. The van der Waals surface area contributed by atoms with Crippen LogP contribution in [0.15, 0.2) is 0 Å². The molecule has 1 atom stereocenters. The molecule has 0 fully saturated rings. The highest BCUT2D eigenvalue weighted by atomic mass is 31.1. The summed E-state index contributed by atoms with van der Waals surface area (Å²) in [6.07, 6.45) is 2.71. The number of rotatable bonds is 7. The van der Waals surface area contributed by atoms with E-state index in [2.05, 4.69) is 81.5 Å². The summed E-state index contributed by atoms with van der Waals surface area (Å²) in [4.78, 5) is 0. The zero-order chi connectivity index (χ0) is 17.8. The standard InChI is InChI=1S/C19H43NP2/c1-16(2)21(17(3,4)5)14-12-20-13-15-22(18(6,7)8)19(9,10)11/h16,20H,12-15H2,1-11H3. The van der Waals surface area contributed by atoms with Crippen LogP contribution in [0.2, 0.25) is 0 Å². The van der Waals surface area contributed by atoms with Gasteiger partial charge < -0.3 is 5.32 Å². The smallest absolute Gasteiger partial charge is 0.000898 e. The lowest BCUT2D eigenvalue weighted by atomic mass is 10.2. The Labute approximate surface area is 144 Å². The number of hydrogen-bond acceptors (Lipinski definition) is 1. The van der Waals surface area contributed by atoms with Crippen molar-refractivity contribution in [2.24, 2.45) is 0 Å². The molecule has 0 aliphatic heterocycles. The maximum atomic E-state index is 3.75. The second-order valence-electron chi connectivity index (χ2n) is 9.70. The lowest BCUT2D eigenvalue weighted by Crippen LogP contribution is -2.31. The highest BCUT2D eigenvalue weighted by Gasteiger charge is 2.33. The van der Waals surface area contributed by atoms with Gasteiger partial charge in [0.15, 0.2) is 0 Å². The highest BCUT2D eigenvalue weighted by molar-refractivity contribution is 7.61. The van der Waals surface area contributed by atoms with Crippen LogP contribution in [0.25, 0.3) is 0 Å². The van der Waals surface area contributed by atoms with Gasteiger partial charge in [0.1, 0.15) is 0 Å². The Morgan fingerprint density at radius 2 is 1.09 bits per heavy atom. The molecule has 0 amide bonds. The normalized spacial score (nSPS) is 15.7. The van der Waals surface area contributed by atoms with Gasteiger partial charge in [-0.15, -0.1) is 0 Å². The van der Waals surface area contributed by atoms with Crippen LogP contribution in [-0.4, -0.2) is 46.5 Å². The molecule has 134 valence electrons. The molecule has 1 N–H and O–H groups in total. The minimum absolute atomic E-state index is 0.0331. The third kappa shape index (κ3) is 8.61. The quantitative estimate of drug-likeness (QED) is 0.418. The van der Waals surface area contributed by atoms with Crippen LogP contribution in [0.5, 0.6) is 0 Å². The molecule has 1 unspecified atom stereocenters. The Hall–Kier alpha value is 0.820. The van der Waals surface area contributed by atoms with Crippen molar-refractivity contribution in [2.75, 3.05) is 25.4 Å². The molecule has 1 nitrogen and oxygen atoms in total. The van der Waals surface area contributed by atoms with E-state index in [0.29, 0.717) is 15.5 Å². The first-order valence-electron chi connectivity index (χ1n) is 8.92. The lowest BCUT2D eigenvalue weighted by Gasteiger charge is -2.42. The van der Waals surface area contributed by atoms with Gasteiger partial charge in [-0.25, -0.2) is 0 Å². The van der Waals surface area contributed by atoms with E-state index < -0.39 is 0 Å². The first-order valence-corrected chi connectivity index (χ1v) is 12.0. The van der Waals surface area contributed by atoms with Gasteiger partial charge in [0.05, 0.1) is 0 Å². The molecule has 0 saturated carbocycles. The van der Waals surface area contributed by atoms with Crippen LogP contribution >= 0.6 is 15.8 Å². The fourth-order valence-corrected chi connectivity index (χ4v) is 10.4. The van der Waals surface area contributed by atoms with Crippen molar-refractivity contribution in [3.8, 4) is 0 Å². The first-order chi connectivity index (χ1) is 9.67. The molecule has 0 rings (SSSR count). The van der Waals surface area contributed by atoms with E-state index in [1.165, 1.54) is 25.4 Å². The van der Waals surface area contributed by atoms with Gasteiger partial charge in [0.2, 0.25) is 0 Å². The third-order valence-corrected chi connectivity index (χ3v) is 11.7. The van der Waals surface area contributed by atoms with E-state index >= 15 is 0 Å². The van der Waals surface area contributed by atoms with Crippen LogP contribution < -0.4 is 5.32 Å². The molecular formula is C19H43NP2. The Bertz CT molecular complexity index is 291. The largest absolute Gasteiger partial charge is 0.316 e. The Kier molecular flexibility index (Phi) is 9.11. The van der Waals surface area contributed by atoms with E-state index in [9.17, 15) is 0 Å². The molecule has 0 radical (unpaired) electrons. The molecule has 22 heavy (non-hydrogen) atoms. The van der Waals surface area contributed by atoms with Gasteiger partial charge in [-0.3, -0.25) is 0 Å². The molecule has 0 aliphatic rings. The average Bonchev–Trinajstić information content (AvgIpc) is 2.21. The molecule has 0 aliphatic carbocycles. The van der Waals surface area contributed by atoms with Crippen molar-refractivity contribution in [2.45, 2.75) is 97.3 Å². The van der Waals surface area contributed by atoms with Crippen LogP contribution in [0.3, 0.4) is 0 Å². The minimum atomic E-state index is 0.0331. The van der Waals surface area contributed by atoms with Gasteiger partial charge in [0, 0.05) is 0 Å². The minimum Gasteiger partial charge on any atom is -0.316 e. The van der Waals surface area contributed by atoms with Crippen molar-refractivity contribution in [3.05, 3.63) is 0 Å². The van der Waals surface area contributed by atoms with Crippen LogP contribution in [0.4, 0.5) is 0 Å². The van der Waals surface area contributed by atoms with Crippen LogP contribution in [-0.2, 0) is 0 Å². The molecule has 0 aromatic carbocycles. The molecule has 0 saturated heterocycles. The van der Waals surface area contributed by atoms with Gasteiger partial charge >= 0.3 is 0 Å². The molecular weight excluding hydrogens is 304 g/mol. The fraction of sp³-hybridized carbons (Fsp3) is 1.00. The van der Waals surface area contributed by atoms with Crippen molar-refractivity contribution in [1.29, 1.82) is 0 Å². The number of hydrogen-bond donors (Lipinski definition) is 1. The Morgan fingerprint density at radius 1 is 0.682 bits per heavy atom. The highest BCUT2D eigenvalue weighted by Crippen LogP contribution is 2.58. The predicted molar refractivity (Wildman–Crippen MR) is 111 cm³/mol. The van der Waals surface area contributed by atoms with Crippen LogP contribution in [0, 0.1) is 0 Å². The average molecular weight is 348 g/mol. The summed E-state index contributed by atoms with van der Waals surface area (Å²) in [6, 6.07) is 0. The van der Waals surface area contributed by atoms with Crippen molar-refractivity contribution in [1.82, 2.24) is 5.32 Å². The lowest BCUT2D eigenvalue weighted by molar-refractivity contribution is 0.687. The van der Waals surface area contributed by atoms with Crippen LogP contribution in [0.1, 0.15) is 76.2 Å².